The number of hydrogen-bond acceptors (Lipinski definition) is 3. The quantitative estimate of drug-likeness (QED) is 0.647. The van der Waals surface area contributed by atoms with E-state index in [1.807, 2.05) is 12.1 Å². The molecule has 1 aromatic rings. The summed E-state index contributed by atoms with van der Waals surface area (Å²) in [6.45, 7) is 4.79. The zero-order valence-electron chi connectivity index (χ0n) is 18.6. The van der Waals surface area contributed by atoms with Gasteiger partial charge in [-0.25, -0.2) is 0 Å². The third kappa shape index (κ3) is 3.00. The van der Waals surface area contributed by atoms with E-state index in [0.717, 1.165) is 49.8 Å². The van der Waals surface area contributed by atoms with Crippen molar-refractivity contribution >= 4 is 6.08 Å². The maximum atomic E-state index is 11.4. The molecule has 5 rings (SSSR count). The van der Waals surface area contributed by atoms with E-state index in [-0.39, 0.29) is 23.0 Å². The smallest absolute Gasteiger partial charge is 0.118 e. The lowest BCUT2D eigenvalue weighted by Gasteiger charge is -2.57. The second-order valence-corrected chi connectivity index (χ2v) is 10.8. The second-order valence-electron chi connectivity index (χ2n) is 10.8. The van der Waals surface area contributed by atoms with Crippen LogP contribution in [-0.4, -0.2) is 29.5 Å². The molecule has 4 aliphatic rings. The zero-order valence-corrected chi connectivity index (χ0v) is 18.6. The SMILES string of the molecule is COc1ccc(/C=C2\C[C@@H]3[C@@H]4CC=C5C[C@@H](O)CC[C@@]5(C)[C@H]4CC[C@@]3(C)[C@H]2O)cc1. The van der Waals surface area contributed by atoms with E-state index in [0.29, 0.717) is 17.8 Å². The highest BCUT2D eigenvalue weighted by Gasteiger charge is 2.59. The summed E-state index contributed by atoms with van der Waals surface area (Å²) in [6, 6.07) is 8.14. The summed E-state index contributed by atoms with van der Waals surface area (Å²) >= 11 is 0. The van der Waals surface area contributed by atoms with Crippen LogP contribution in [0.5, 0.6) is 5.75 Å². The minimum absolute atomic E-state index is 0.0185. The molecule has 0 heterocycles. The number of aliphatic hydroxyl groups is 2. The van der Waals surface area contributed by atoms with E-state index in [4.69, 9.17) is 4.74 Å². The Balaban J connectivity index is 1.44. The van der Waals surface area contributed by atoms with Crippen LogP contribution < -0.4 is 4.74 Å². The Hall–Kier alpha value is -1.58. The predicted octanol–water partition coefficient (Wildman–Crippen LogP) is 5.37. The molecular weight excluding hydrogens is 372 g/mol. The van der Waals surface area contributed by atoms with Crippen molar-refractivity contribution < 1.29 is 14.9 Å². The first-order valence-electron chi connectivity index (χ1n) is 11.8. The van der Waals surface area contributed by atoms with Crippen molar-refractivity contribution in [3.63, 3.8) is 0 Å². The largest absolute Gasteiger partial charge is 0.497 e. The minimum atomic E-state index is -0.350. The number of fused-ring (bicyclic) bond motifs is 5. The lowest BCUT2D eigenvalue weighted by atomic mass is 9.48. The number of hydrogen-bond donors (Lipinski definition) is 2. The maximum absolute atomic E-state index is 11.4. The van der Waals surface area contributed by atoms with Gasteiger partial charge in [-0.1, -0.05) is 43.7 Å². The first-order chi connectivity index (χ1) is 14.3. The van der Waals surface area contributed by atoms with E-state index in [1.54, 1.807) is 7.11 Å². The molecule has 0 bridgehead atoms. The summed E-state index contributed by atoms with van der Waals surface area (Å²) in [5.41, 5.74) is 4.08. The van der Waals surface area contributed by atoms with Gasteiger partial charge in [-0.05, 0) is 91.4 Å². The van der Waals surface area contributed by atoms with Crippen LogP contribution in [0.25, 0.3) is 6.08 Å². The number of benzene rings is 1. The lowest BCUT2D eigenvalue weighted by molar-refractivity contribution is -0.0685. The summed E-state index contributed by atoms with van der Waals surface area (Å²) in [4.78, 5) is 0. The maximum Gasteiger partial charge on any atom is 0.118 e. The second kappa shape index (κ2) is 7.24. The van der Waals surface area contributed by atoms with Crippen molar-refractivity contribution in [3.05, 3.63) is 47.1 Å². The first-order valence-corrected chi connectivity index (χ1v) is 11.8. The van der Waals surface area contributed by atoms with Crippen LogP contribution in [0.15, 0.2) is 41.5 Å². The molecule has 3 saturated carbocycles. The third-order valence-corrected chi connectivity index (χ3v) is 9.41. The van der Waals surface area contributed by atoms with Gasteiger partial charge in [-0.2, -0.15) is 0 Å². The molecule has 0 spiro atoms. The van der Waals surface area contributed by atoms with E-state index < -0.39 is 0 Å². The molecule has 30 heavy (non-hydrogen) atoms. The normalized spacial score (nSPS) is 44.1. The van der Waals surface area contributed by atoms with Gasteiger partial charge in [0, 0.05) is 5.41 Å². The molecule has 162 valence electrons. The van der Waals surface area contributed by atoms with Crippen LogP contribution in [0.1, 0.15) is 64.4 Å². The van der Waals surface area contributed by atoms with Gasteiger partial charge in [-0.3, -0.25) is 0 Å². The van der Waals surface area contributed by atoms with Gasteiger partial charge in [0.15, 0.2) is 0 Å². The Morgan fingerprint density at radius 2 is 1.77 bits per heavy atom. The molecule has 3 nitrogen and oxygen atoms in total. The Morgan fingerprint density at radius 3 is 2.50 bits per heavy atom. The Morgan fingerprint density at radius 1 is 1.00 bits per heavy atom. The number of allylic oxidation sites excluding steroid dienone is 1. The van der Waals surface area contributed by atoms with Crippen LogP contribution in [0.4, 0.5) is 0 Å². The van der Waals surface area contributed by atoms with Crippen molar-refractivity contribution in [1.82, 2.24) is 0 Å². The Kier molecular flexibility index (Phi) is 4.91. The van der Waals surface area contributed by atoms with Gasteiger partial charge in [-0.15, -0.1) is 0 Å². The van der Waals surface area contributed by atoms with Crippen LogP contribution in [0, 0.1) is 28.6 Å². The van der Waals surface area contributed by atoms with Crippen molar-refractivity contribution in [1.29, 1.82) is 0 Å². The third-order valence-electron chi connectivity index (χ3n) is 9.41. The van der Waals surface area contributed by atoms with Gasteiger partial charge < -0.3 is 14.9 Å². The standard InChI is InChI=1S/C27H36O3/c1-26-12-10-20(28)16-19(26)6-9-22-23(26)11-13-27(2)24(22)15-18(25(27)29)14-17-4-7-21(30-3)8-5-17/h4-8,14,20,22-25,28-29H,9-13,15-16H2,1-3H3/b18-14+/t20-,22+,23-,24+,25-,26+,27+/m0/s1. The highest BCUT2D eigenvalue weighted by molar-refractivity contribution is 5.56. The van der Waals surface area contributed by atoms with Crippen LogP contribution in [0.3, 0.4) is 0 Å². The molecule has 4 aliphatic carbocycles. The highest BCUT2D eigenvalue weighted by atomic mass is 16.5. The van der Waals surface area contributed by atoms with Gasteiger partial charge >= 0.3 is 0 Å². The number of methoxy groups -OCH3 is 1. The van der Waals surface area contributed by atoms with Gasteiger partial charge in [0.25, 0.3) is 0 Å². The van der Waals surface area contributed by atoms with E-state index in [2.05, 4.69) is 38.1 Å². The molecule has 3 heteroatoms. The Bertz CT molecular complexity index is 869. The van der Waals surface area contributed by atoms with Crippen LogP contribution >= 0.6 is 0 Å². The minimum Gasteiger partial charge on any atom is -0.497 e. The predicted molar refractivity (Wildman–Crippen MR) is 120 cm³/mol. The molecule has 0 aliphatic heterocycles. The molecule has 0 amide bonds. The van der Waals surface area contributed by atoms with Crippen molar-refractivity contribution in [2.45, 2.75) is 71.0 Å². The van der Waals surface area contributed by atoms with Gasteiger partial charge in [0.1, 0.15) is 5.75 Å². The highest BCUT2D eigenvalue weighted by Crippen LogP contribution is 2.65. The fourth-order valence-corrected chi connectivity index (χ4v) is 7.55. The van der Waals surface area contributed by atoms with Gasteiger partial charge in [0.05, 0.1) is 19.3 Å². The zero-order chi connectivity index (χ0) is 21.1. The number of aliphatic hydroxyl groups excluding tert-OH is 2. The summed E-state index contributed by atoms with van der Waals surface area (Å²) < 4.78 is 5.28. The molecule has 0 aromatic heterocycles. The fraction of sp³-hybridized carbons (Fsp3) is 0.630. The number of ether oxygens (including phenoxy) is 1. The molecule has 0 saturated heterocycles. The first kappa shape index (κ1) is 20.3. The van der Waals surface area contributed by atoms with Crippen molar-refractivity contribution in [3.8, 4) is 5.75 Å². The summed E-state index contributed by atoms with van der Waals surface area (Å²) in [7, 11) is 1.69. The van der Waals surface area contributed by atoms with Crippen molar-refractivity contribution in [2.75, 3.05) is 7.11 Å². The van der Waals surface area contributed by atoms with Crippen LogP contribution in [-0.2, 0) is 0 Å². The summed E-state index contributed by atoms with van der Waals surface area (Å²) in [5.74, 6) is 2.74. The average Bonchev–Trinajstić information content (AvgIpc) is 3.00. The van der Waals surface area contributed by atoms with Crippen molar-refractivity contribution in [2.24, 2.45) is 28.6 Å². The average molecular weight is 409 g/mol. The summed E-state index contributed by atoms with van der Waals surface area (Å²) in [5, 5.41) is 21.6. The molecule has 7 atom stereocenters. The molecule has 0 radical (unpaired) electrons. The van der Waals surface area contributed by atoms with Gasteiger partial charge in [0.2, 0.25) is 0 Å². The molecule has 2 N–H and O–H groups in total. The molecule has 0 unspecified atom stereocenters. The molecular formula is C27H36O3. The topological polar surface area (TPSA) is 49.7 Å². The lowest BCUT2D eigenvalue weighted by Crippen LogP contribution is -2.51. The molecule has 3 fully saturated rings. The van der Waals surface area contributed by atoms with E-state index in [9.17, 15) is 10.2 Å². The van der Waals surface area contributed by atoms with E-state index in [1.165, 1.54) is 17.6 Å². The number of rotatable bonds is 2. The Labute approximate surface area is 180 Å². The summed E-state index contributed by atoms with van der Waals surface area (Å²) in [6.07, 6.45) is 11.5. The fourth-order valence-electron chi connectivity index (χ4n) is 7.55. The molecule has 1 aromatic carbocycles. The van der Waals surface area contributed by atoms with Crippen LogP contribution in [0.2, 0.25) is 0 Å². The van der Waals surface area contributed by atoms with E-state index >= 15 is 0 Å². The monoisotopic (exact) mass is 408 g/mol.